The number of ether oxygens (including phenoxy) is 1. The van der Waals surface area contributed by atoms with E-state index in [1.165, 1.54) is 11.1 Å². The Morgan fingerprint density at radius 1 is 1.29 bits per heavy atom. The number of carbonyl (C=O) groups excluding carboxylic acids is 1. The molecule has 1 atom stereocenters. The van der Waals surface area contributed by atoms with Crippen LogP contribution in [0.1, 0.15) is 37.8 Å². The fourth-order valence-electron chi connectivity index (χ4n) is 3.04. The Kier molecular flexibility index (Phi) is 7.06. The molecule has 5 heteroatoms. The number of piperazine rings is 1. The van der Waals surface area contributed by atoms with Crippen LogP contribution in [-0.2, 0) is 4.79 Å². The second kappa shape index (κ2) is 9.04. The Bertz CT molecular complexity index is 539. The number of hydrogen-bond donors (Lipinski definition) is 2. The van der Waals surface area contributed by atoms with E-state index in [4.69, 9.17) is 4.74 Å². The van der Waals surface area contributed by atoms with Crippen LogP contribution in [-0.4, -0.2) is 56.2 Å². The van der Waals surface area contributed by atoms with Gasteiger partial charge in [-0.15, -0.1) is 0 Å². The molecule has 1 unspecified atom stereocenters. The van der Waals surface area contributed by atoms with Crippen molar-refractivity contribution < 1.29 is 9.53 Å². The minimum absolute atomic E-state index is 0.0595. The number of carbonyl (C=O) groups is 1. The van der Waals surface area contributed by atoms with Gasteiger partial charge in [0.2, 0.25) is 0 Å². The average Bonchev–Trinajstić information content (AvgIpc) is 2.55. The lowest BCUT2D eigenvalue weighted by atomic mass is 9.98. The van der Waals surface area contributed by atoms with Crippen molar-refractivity contribution in [2.24, 2.45) is 0 Å². The summed E-state index contributed by atoms with van der Waals surface area (Å²) in [6, 6.07) is 6.05. The smallest absolute Gasteiger partial charge is 0.260 e. The van der Waals surface area contributed by atoms with Crippen LogP contribution in [0.3, 0.4) is 0 Å². The van der Waals surface area contributed by atoms with Gasteiger partial charge in [-0.2, -0.15) is 0 Å². The Labute approximate surface area is 145 Å². The van der Waals surface area contributed by atoms with Gasteiger partial charge in [-0.05, 0) is 43.0 Å². The largest absolute Gasteiger partial charge is 0.481 e. The molecular weight excluding hydrogens is 302 g/mol. The highest BCUT2D eigenvalue weighted by Gasteiger charge is 2.16. The molecule has 1 amide bonds. The van der Waals surface area contributed by atoms with Crippen molar-refractivity contribution in [2.75, 3.05) is 39.3 Å². The third kappa shape index (κ3) is 5.49. The van der Waals surface area contributed by atoms with Gasteiger partial charge < -0.3 is 15.4 Å². The van der Waals surface area contributed by atoms with E-state index in [9.17, 15) is 4.79 Å². The summed E-state index contributed by atoms with van der Waals surface area (Å²) in [7, 11) is 0. The molecular formula is C19H31N3O2. The maximum absolute atomic E-state index is 12.2. The van der Waals surface area contributed by atoms with Crippen LogP contribution in [0.4, 0.5) is 0 Å². The summed E-state index contributed by atoms with van der Waals surface area (Å²) in [6.07, 6.45) is -0.489. The quantitative estimate of drug-likeness (QED) is 0.800. The highest BCUT2D eigenvalue weighted by Crippen LogP contribution is 2.24. The second-order valence-electron chi connectivity index (χ2n) is 6.82. The fourth-order valence-corrected chi connectivity index (χ4v) is 3.04. The lowest BCUT2D eigenvalue weighted by Crippen LogP contribution is -2.47. The Balaban J connectivity index is 1.77. The van der Waals surface area contributed by atoms with Gasteiger partial charge in [0.1, 0.15) is 5.75 Å². The van der Waals surface area contributed by atoms with E-state index in [1.54, 1.807) is 6.92 Å². The van der Waals surface area contributed by atoms with Gasteiger partial charge in [0.15, 0.2) is 6.10 Å². The summed E-state index contributed by atoms with van der Waals surface area (Å²) in [4.78, 5) is 14.5. The van der Waals surface area contributed by atoms with E-state index >= 15 is 0 Å². The zero-order valence-electron chi connectivity index (χ0n) is 15.4. The first-order chi connectivity index (χ1) is 11.5. The highest BCUT2D eigenvalue weighted by molar-refractivity contribution is 5.80. The monoisotopic (exact) mass is 333 g/mol. The molecule has 0 spiro atoms. The predicted octanol–water partition coefficient (Wildman–Crippen LogP) is 1.91. The maximum atomic E-state index is 12.2. The number of benzene rings is 1. The molecule has 134 valence electrons. The molecule has 24 heavy (non-hydrogen) atoms. The van der Waals surface area contributed by atoms with Crippen LogP contribution in [0, 0.1) is 6.92 Å². The van der Waals surface area contributed by atoms with E-state index < -0.39 is 6.10 Å². The molecule has 1 aromatic carbocycles. The maximum Gasteiger partial charge on any atom is 0.260 e. The zero-order chi connectivity index (χ0) is 17.5. The number of nitrogens with zero attached hydrogens (tertiary/aromatic N) is 1. The van der Waals surface area contributed by atoms with Gasteiger partial charge >= 0.3 is 0 Å². The number of aryl methyl sites for hydroxylation is 1. The third-order valence-corrected chi connectivity index (χ3v) is 4.48. The average molecular weight is 333 g/mol. The predicted molar refractivity (Wildman–Crippen MR) is 97.7 cm³/mol. The molecule has 1 aromatic rings. The highest BCUT2D eigenvalue weighted by atomic mass is 16.5. The van der Waals surface area contributed by atoms with Crippen LogP contribution in [0.15, 0.2) is 18.2 Å². The summed E-state index contributed by atoms with van der Waals surface area (Å²) >= 11 is 0. The van der Waals surface area contributed by atoms with Crippen molar-refractivity contribution in [3.63, 3.8) is 0 Å². The van der Waals surface area contributed by atoms with Crippen LogP contribution in [0.5, 0.6) is 5.75 Å². The van der Waals surface area contributed by atoms with Crippen molar-refractivity contribution in [3.8, 4) is 5.75 Å². The van der Waals surface area contributed by atoms with Crippen molar-refractivity contribution in [1.29, 1.82) is 0 Å². The van der Waals surface area contributed by atoms with E-state index in [-0.39, 0.29) is 5.91 Å². The van der Waals surface area contributed by atoms with Crippen LogP contribution < -0.4 is 15.4 Å². The van der Waals surface area contributed by atoms with Crippen molar-refractivity contribution >= 4 is 5.91 Å². The van der Waals surface area contributed by atoms with E-state index in [2.05, 4.69) is 42.4 Å². The molecule has 1 heterocycles. The minimum atomic E-state index is -0.489. The molecule has 2 N–H and O–H groups in total. The SMILES string of the molecule is Cc1cc(OC(C)C(=O)NCCN2CCNCC2)ccc1C(C)C. The molecule has 5 nitrogen and oxygen atoms in total. The summed E-state index contributed by atoms with van der Waals surface area (Å²) < 4.78 is 5.80. The lowest BCUT2D eigenvalue weighted by Gasteiger charge is -2.27. The van der Waals surface area contributed by atoms with Gasteiger partial charge in [-0.3, -0.25) is 9.69 Å². The van der Waals surface area contributed by atoms with Crippen LogP contribution in [0.2, 0.25) is 0 Å². The molecule has 1 saturated heterocycles. The third-order valence-electron chi connectivity index (χ3n) is 4.48. The van der Waals surface area contributed by atoms with Crippen molar-refractivity contribution in [3.05, 3.63) is 29.3 Å². The summed E-state index contributed by atoms with van der Waals surface area (Å²) in [5.74, 6) is 1.18. The standard InChI is InChI=1S/C19H31N3O2/c1-14(2)18-6-5-17(13-15(18)3)24-16(4)19(23)21-9-12-22-10-7-20-8-11-22/h5-6,13-14,16,20H,7-12H2,1-4H3,(H,21,23). The number of nitrogens with one attached hydrogen (secondary N) is 2. The number of amides is 1. The molecule has 0 saturated carbocycles. The van der Waals surface area contributed by atoms with Gasteiger partial charge in [-0.1, -0.05) is 19.9 Å². The van der Waals surface area contributed by atoms with Gasteiger partial charge in [0.05, 0.1) is 0 Å². The fraction of sp³-hybridized carbons (Fsp3) is 0.632. The molecule has 0 bridgehead atoms. The van der Waals surface area contributed by atoms with E-state index in [0.717, 1.165) is 38.5 Å². The molecule has 0 aromatic heterocycles. The molecule has 1 fully saturated rings. The number of hydrogen-bond acceptors (Lipinski definition) is 4. The second-order valence-corrected chi connectivity index (χ2v) is 6.82. The van der Waals surface area contributed by atoms with Crippen LogP contribution in [0.25, 0.3) is 0 Å². The molecule has 2 rings (SSSR count). The molecule has 0 radical (unpaired) electrons. The number of rotatable bonds is 7. The first-order valence-corrected chi connectivity index (χ1v) is 8.95. The normalized spacial score (nSPS) is 16.9. The van der Waals surface area contributed by atoms with Gasteiger partial charge in [-0.25, -0.2) is 0 Å². The molecule has 1 aliphatic rings. The Morgan fingerprint density at radius 2 is 2.00 bits per heavy atom. The van der Waals surface area contributed by atoms with Gasteiger partial charge in [0.25, 0.3) is 5.91 Å². The first-order valence-electron chi connectivity index (χ1n) is 8.95. The molecule has 1 aliphatic heterocycles. The van der Waals surface area contributed by atoms with Crippen molar-refractivity contribution in [2.45, 2.75) is 39.7 Å². The van der Waals surface area contributed by atoms with Crippen LogP contribution >= 0.6 is 0 Å². The Hall–Kier alpha value is -1.59. The van der Waals surface area contributed by atoms with E-state index in [1.807, 2.05) is 12.1 Å². The van der Waals surface area contributed by atoms with Gasteiger partial charge in [0, 0.05) is 39.3 Å². The lowest BCUT2D eigenvalue weighted by molar-refractivity contribution is -0.127. The minimum Gasteiger partial charge on any atom is -0.481 e. The van der Waals surface area contributed by atoms with E-state index in [0.29, 0.717) is 12.5 Å². The molecule has 0 aliphatic carbocycles. The summed E-state index contributed by atoms with van der Waals surface area (Å²) in [5, 5.41) is 6.29. The Morgan fingerprint density at radius 3 is 2.62 bits per heavy atom. The topological polar surface area (TPSA) is 53.6 Å². The van der Waals surface area contributed by atoms with Crippen molar-refractivity contribution in [1.82, 2.24) is 15.5 Å². The summed E-state index contributed by atoms with van der Waals surface area (Å²) in [6.45, 7) is 13.9. The zero-order valence-corrected chi connectivity index (χ0v) is 15.4. The summed E-state index contributed by atoms with van der Waals surface area (Å²) in [5.41, 5.74) is 2.52. The first kappa shape index (κ1) is 18.7.